The minimum absolute atomic E-state index is 0. The quantitative estimate of drug-likeness (QED) is 0.356. The highest BCUT2D eigenvalue weighted by Gasteiger charge is 2.06. The molecule has 0 aliphatic carbocycles. The molecule has 20 heavy (non-hydrogen) atoms. The van der Waals surface area contributed by atoms with Gasteiger partial charge >= 0.3 is 5.97 Å². The summed E-state index contributed by atoms with van der Waals surface area (Å²) in [6, 6.07) is 18.2. The summed E-state index contributed by atoms with van der Waals surface area (Å²) in [6.45, 7) is 1.52. The minimum atomic E-state index is -0.0375. The van der Waals surface area contributed by atoms with Crippen LogP contribution in [-0.2, 0) is 6.42 Å². The third kappa shape index (κ3) is 5.68. The van der Waals surface area contributed by atoms with E-state index < -0.39 is 0 Å². The molecule has 0 bridgehead atoms. The van der Waals surface area contributed by atoms with Crippen molar-refractivity contribution in [2.45, 2.75) is 18.2 Å². The van der Waals surface area contributed by atoms with E-state index >= 15 is 0 Å². The third-order valence-corrected chi connectivity index (χ3v) is 3.61. The summed E-state index contributed by atoms with van der Waals surface area (Å²) in [7, 11) is 0. The van der Waals surface area contributed by atoms with Crippen LogP contribution < -0.4 is 17.1 Å². The maximum absolute atomic E-state index is 9.03. The average Bonchev–Trinajstić information content (AvgIpc) is 2.41. The monoisotopic (exact) mass is 308 g/mol. The van der Waals surface area contributed by atoms with E-state index in [1.165, 1.54) is 17.4 Å². The fourth-order valence-electron chi connectivity index (χ4n) is 1.71. The average molecular weight is 309 g/mol. The molecule has 1 N–H and O–H groups in total. The molecule has 0 aliphatic rings. The number of ether oxygens (including phenoxy) is 1. The Morgan fingerprint density at radius 2 is 1.70 bits per heavy atom. The molecule has 2 nitrogen and oxygen atoms in total. The fraction of sp³-hybridized carbons (Fsp3) is 0.188. The van der Waals surface area contributed by atoms with Gasteiger partial charge in [-0.25, -0.2) is 0 Å². The van der Waals surface area contributed by atoms with E-state index in [2.05, 4.69) is 24.3 Å². The summed E-state index contributed by atoms with van der Waals surface area (Å²) in [4.78, 5) is 10.2. The van der Waals surface area contributed by atoms with Gasteiger partial charge < -0.3 is 17.2 Å². The highest BCUT2D eigenvalue weighted by molar-refractivity contribution is 7.99. The van der Waals surface area contributed by atoms with Crippen LogP contribution in [0.1, 0.15) is 12.5 Å². The molecule has 2 aromatic rings. The molecule has 0 fully saturated rings. The maximum Gasteiger partial charge on any atom is 0.485 e. The summed E-state index contributed by atoms with van der Waals surface area (Å²) in [6.07, 6.45) is 1.06. The van der Waals surface area contributed by atoms with Crippen molar-refractivity contribution in [3.05, 3.63) is 60.2 Å². The zero-order chi connectivity index (χ0) is 13.5. The minimum Gasteiger partial charge on any atom is -1.00 e. The van der Waals surface area contributed by atoms with Crippen molar-refractivity contribution in [1.82, 2.24) is 0 Å². The van der Waals surface area contributed by atoms with Gasteiger partial charge in [-0.3, -0.25) is 4.74 Å². The first-order valence-corrected chi connectivity index (χ1v) is 7.20. The molecule has 2 rings (SSSR count). The maximum atomic E-state index is 9.03. The van der Waals surface area contributed by atoms with Crippen LogP contribution in [0.2, 0.25) is 0 Å². The van der Waals surface area contributed by atoms with Gasteiger partial charge in [0.2, 0.25) is 5.75 Å². The molecule has 0 radical (unpaired) electrons. The number of benzene rings is 2. The Bertz CT molecular complexity index is 526. The van der Waals surface area contributed by atoms with Crippen LogP contribution in [0.4, 0.5) is 0 Å². The molecule has 0 amide bonds. The van der Waals surface area contributed by atoms with Crippen LogP contribution in [-0.4, -0.2) is 16.5 Å². The Hall–Kier alpha value is -1.45. The van der Waals surface area contributed by atoms with Crippen LogP contribution in [0.3, 0.4) is 0 Å². The molecular formula is C16H17ClO2S. The van der Waals surface area contributed by atoms with Gasteiger partial charge in [0, 0.05) is 22.8 Å². The van der Waals surface area contributed by atoms with Crippen molar-refractivity contribution < 1.29 is 21.9 Å². The zero-order valence-corrected chi connectivity index (χ0v) is 12.8. The Morgan fingerprint density at radius 1 is 1.05 bits per heavy atom. The van der Waals surface area contributed by atoms with Crippen molar-refractivity contribution in [2.75, 3.05) is 5.75 Å². The van der Waals surface area contributed by atoms with E-state index in [0.717, 1.165) is 12.2 Å². The first kappa shape index (κ1) is 16.6. The predicted molar refractivity (Wildman–Crippen MR) is 80.6 cm³/mol. The molecule has 0 heterocycles. The van der Waals surface area contributed by atoms with Crippen LogP contribution >= 0.6 is 11.8 Å². The van der Waals surface area contributed by atoms with E-state index in [-0.39, 0.29) is 18.4 Å². The van der Waals surface area contributed by atoms with Crippen LogP contribution in [0.15, 0.2) is 59.5 Å². The standard InChI is InChI=1S/C16H16O2S.ClH/c1-13(17)18-15-7-9-16(10-8-15)19-12-11-14-5-3-2-4-6-14;/h2-10H,11-12H2,1H3;1H. The highest BCUT2D eigenvalue weighted by Crippen LogP contribution is 2.22. The van der Waals surface area contributed by atoms with E-state index in [1.54, 1.807) is 0 Å². The summed E-state index contributed by atoms with van der Waals surface area (Å²) in [5.41, 5.74) is 1.36. The summed E-state index contributed by atoms with van der Waals surface area (Å²) in [5, 5.41) is 0. The number of rotatable bonds is 5. The summed E-state index contributed by atoms with van der Waals surface area (Å²) >= 11 is 1.82. The second-order valence-electron chi connectivity index (χ2n) is 4.18. The largest absolute Gasteiger partial charge is 1.00 e. The second kappa shape index (κ2) is 8.67. The van der Waals surface area contributed by atoms with Gasteiger partial charge in [-0.15, -0.1) is 11.8 Å². The lowest BCUT2D eigenvalue weighted by Gasteiger charge is -2.02. The smallest absolute Gasteiger partial charge is 0.485 e. The number of hydrogen-bond donors (Lipinski definition) is 0. The Kier molecular flexibility index (Phi) is 7.20. The van der Waals surface area contributed by atoms with Gasteiger partial charge in [-0.1, -0.05) is 30.3 Å². The molecule has 0 saturated heterocycles. The molecule has 0 aromatic heterocycles. The normalized spacial score (nSPS) is 9.65. The van der Waals surface area contributed by atoms with E-state index in [0.29, 0.717) is 5.75 Å². The Morgan fingerprint density at radius 3 is 2.30 bits per heavy atom. The van der Waals surface area contributed by atoms with Crippen LogP contribution in [0.5, 0.6) is 5.75 Å². The van der Waals surface area contributed by atoms with E-state index in [4.69, 9.17) is 9.53 Å². The topological polar surface area (TPSA) is 30.6 Å². The van der Waals surface area contributed by atoms with Gasteiger partial charge in [-0.05, 0) is 24.1 Å². The fourth-order valence-corrected chi connectivity index (χ4v) is 2.61. The lowest BCUT2D eigenvalue weighted by molar-refractivity contribution is -0.00000578. The van der Waals surface area contributed by atoms with Gasteiger partial charge in [-0.2, -0.15) is 0 Å². The van der Waals surface area contributed by atoms with Gasteiger partial charge in [0.05, 0.1) is 6.92 Å². The lowest BCUT2D eigenvalue weighted by atomic mass is 10.2. The van der Waals surface area contributed by atoms with Crippen molar-refractivity contribution >= 4 is 17.7 Å². The van der Waals surface area contributed by atoms with Gasteiger partial charge in [0.1, 0.15) is 0 Å². The van der Waals surface area contributed by atoms with Crippen molar-refractivity contribution in [2.24, 2.45) is 0 Å². The number of carbonyl (C=O) groups excluding carboxylic acids is 1. The lowest BCUT2D eigenvalue weighted by Crippen LogP contribution is -3.00. The predicted octanol–water partition coefficient (Wildman–Crippen LogP) is 0.926. The third-order valence-electron chi connectivity index (χ3n) is 2.59. The summed E-state index contributed by atoms with van der Waals surface area (Å²) < 4.78 is 5.11. The van der Waals surface area contributed by atoms with Crippen molar-refractivity contribution in [3.8, 4) is 5.75 Å². The molecule has 0 unspecified atom stereocenters. The highest BCUT2D eigenvalue weighted by atomic mass is 35.5. The van der Waals surface area contributed by atoms with E-state index in [1.807, 2.05) is 42.1 Å². The van der Waals surface area contributed by atoms with Crippen molar-refractivity contribution in [3.63, 3.8) is 0 Å². The molecule has 106 valence electrons. The molecule has 0 aliphatic heterocycles. The first-order valence-electron chi connectivity index (χ1n) is 6.21. The Balaban J connectivity index is 0.00000200. The number of esters is 1. The molecule has 0 saturated carbocycles. The number of halogens is 1. The van der Waals surface area contributed by atoms with Gasteiger partial charge in [0.15, 0.2) is 0 Å². The Labute approximate surface area is 129 Å². The van der Waals surface area contributed by atoms with Gasteiger partial charge in [0.25, 0.3) is 0 Å². The van der Waals surface area contributed by atoms with Crippen molar-refractivity contribution in [1.29, 1.82) is 0 Å². The summed E-state index contributed by atoms with van der Waals surface area (Å²) in [5.74, 6) is 1.67. The molecular weight excluding hydrogens is 292 g/mol. The van der Waals surface area contributed by atoms with Crippen LogP contribution in [0, 0.1) is 0 Å². The van der Waals surface area contributed by atoms with E-state index in [9.17, 15) is 0 Å². The number of hydrogen-bond acceptors (Lipinski definition) is 2. The SMILES string of the molecule is CC(=[OH+])Oc1ccc(SCCc2ccccc2)cc1.[Cl-]. The number of aryl methyl sites for hydroxylation is 1. The molecule has 0 atom stereocenters. The van der Waals surface area contributed by atoms with Crippen LogP contribution in [0.25, 0.3) is 0 Å². The second-order valence-corrected chi connectivity index (χ2v) is 5.34. The number of thioether (sulfide) groups is 1. The first-order chi connectivity index (χ1) is 9.24. The molecule has 0 spiro atoms. The molecule has 4 heteroatoms. The molecule has 2 aromatic carbocycles. The zero-order valence-electron chi connectivity index (χ0n) is 11.3.